The van der Waals surface area contributed by atoms with E-state index in [1.54, 1.807) is 0 Å². The Morgan fingerprint density at radius 1 is 0.517 bits per heavy atom. The summed E-state index contributed by atoms with van der Waals surface area (Å²) in [7, 11) is -9.71. The Hall–Kier alpha value is -2.48. The van der Waals surface area contributed by atoms with Crippen molar-refractivity contribution in [1.29, 1.82) is 0 Å². The zero-order valence-corrected chi connectivity index (χ0v) is 37.8. The van der Waals surface area contributed by atoms with Crippen molar-refractivity contribution in [1.82, 2.24) is 0 Å². The molecule has 346 valence electrons. The van der Waals surface area contributed by atoms with E-state index in [0.717, 1.165) is 89.9 Å². The highest BCUT2D eigenvalue weighted by atomic mass is 31.2. The molecule has 0 amide bonds. The number of phosphoric ester groups is 2. The number of carbonyl (C=O) groups is 2. The smallest absolute Gasteiger partial charge is 0.462 e. The third-order valence-corrected chi connectivity index (χ3v) is 10.0. The number of carbonyl (C=O) groups excluding carboxylic acids is 2. The SMILES string of the molecule is CCCCC/C=C\C/C=C\CCCCCCCC(=O)OC[C@H](COP(=O)(O)OC[C@@H](O)COP(=O)(O)O)OC(=O)CCC/C=C\C/C=C\C/C=C\C/C=C\CCCCCO. The van der Waals surface area contributed by atoms with Gasteiger partial charge >= 0.3 is 27.6 Å². The van der Waals surface area contributed by atoms with Crippen LogP contribution in [0.1, 0.15) is 148 Å². The Bertz CT molecular complexity index is 1340. The summed E-state index contributed by atoms with van der Waals surface area (Å²) in [6.07, 6.45) is 42.0. The summed E-state index contributed by atoms with van der Waals surface area (Å²) in [6, 6.07) is 0. The van der Waals surface area contributed by atoms with Crippen molar-refractivity contribution in [2.45, 2.75) is 160 Å². The molecule has 0 saturated carbocycles. The van der Waals surface area contributed by atoms with Crippen molar-refractivity contribution in [2.75, 3.05) is 33.0 Å². The maximum absolute atomic E-state index is 12.6. The molecule has 0 rings (SSSR count). The average Bonchev–Trinajstić information content (AvgIpc) is 3.21. The second kappa shape index (κ2) is 40.6. The number of hydrogen-bond donors (Lipinski definition) is 5. The largest absolute Gasteiger partial charge is 0.472 e. The van der Waals surface area contributed by atoms with Gasteiger partial charge < -0.3 is 34.4 Å². The van der Waals surface area contributed by atoms with Gasteiger partial charge in [0.05, 0.1) is 19.8 Å². The van der Waals surface area contributed by atoms with E-state index in [0.29, 0.717) is 19.3 Å². The maximum Gasteiger partial charge on any atom is 0.472 e. The van der Waals surface area contributed by atoms with Gasteiger partial charge in [0.15, 0.2) is 6.10 Å². The molecule has 0 spiro atoms. The van der Waals surface area contributed by atoms with Crippen molar-refractivity contribution < 1.29 is 66.7 Å². The van der Waals surface area contributed by atoms with Gasteiger partial charge in [-0.3, -0.25) is 23.2 Å². The molecule has 0 radical (unpaired) electrons. The molecule has 0 fully saturated rings. The first-order valence-electron chi connectivity index (χ1n) is 21.7. The highest BCUT2D eigenvalue weighted by molar-refractivity contribution is 7.47. The van der Waals surface area contributed by atoms with E-state index >= 15 is 0 Å². The Labute approximate surface area is 359 Å². The lowest BCUT2D eigenvalue weighted by molar-refractivity contribution is -0.161. The van der Waals surface area contributed by atoms with Crippen molar-refractivity contribution in [2.24, 2.45) is 0 Å². The molecule has 0 aromatic carbocycles. The molecule has 0 aliphatic carbocycles. The number of unbranched alkanes of at least 4 members (excludes halogenated alkanes) is 12. The predicted octanol–water partition coefficient (Wildman–Crippen LogP) is 9.98. The molecule has 0 heterocycles. The molecule has 0 aliphatic rings. The lowest BCUT2D eigenvalue weighted by Crippen LogP contribution is -2.29. The van der Waals surface area contributed by atoms with E-state index < -0.39 is 66.2 Å². The summed E-state index contributed by atoms with van der Waals surface area (Å²) in [6.45, 7) is -0.356. The number of ether oxygens (including phenoxy) is 2. The Kier molecular flexibility index (Phi) is 38.9. The van der Waals surface area contributed by atoms with Crippen LogP contribution in [0.15, 0.2) is 72.9 Å². The number of esters is 2. The molecule has 16 heteroatoms. The van der Waals surface area contributed by atoms with Gasteiger partial charge in [-0.2, -0.15) is 0 Å². The molecule has 0 saturated heterocycles. The highest BCUT2D eigenvalue weighted by Crippen LogP contribution is 2.43. The lowest BCUT2D eigenvalue weighted by atomic mass is 10.1. The molecule has 0 bridgehead atoms. The van der Waals surface area contributed by atoms with Crippen molar-refractivity contribution in [3.05, 3.63) is 72.9 Å². The van der Waals surface area contributed by atoms with Gasteiger partial charge in [-0.15, -0.1) is 0 Å². The van der Waals surface area contributed by atoms with Gasteiger partial charge in [0.1, 0.15) is 12.7 Å². The van der Waals surface area contributed by atoms with Crippen LogP contribution in [0.2, 0.25) is 0 Å². The molecule has 3 atom stereocenters. The number of phosphoric acid groups is 2. The molecule has 14 nitrogen and oxygen atoms in total. The van der Waals surface area contributed by atoms with Crippen LogP contribution >= 0.6 is 15.6 Å². The summed E-state index contributed by atoms with van der Waals surface area (Å²) in [5, 5.41) is 18.5. The van der Waals surface area contributed by atoms with Crippen LogP contribution in [0, 0.1) is 0 Å². The van der Waals surface area contributed by atoms with E-state index in [1.807, 2.05) is 12.2 Å². The number of allylic oxidation sites excluding steroid dienone is 12. The van der Waals surface area contributed by atoms with Crippen LogP contribution in [0.5, 0.6) is 0 Å². The highest BCUT2D eigenvalue weighted by Gasteiger charge is 2.28. The van der Waals surface area contributed by atoms with Crippen LogP contribution in [0.3, 0.4) is 0 Å². The Balaban J connectivity index is 4.65. The number of hydrogen-bond acceptors (Lipinski definition) is 11. The lowest BCUT2D eigenvalue weighted by Gasteiger charge is -2.20. The minimum atomic E-state index is -4.88. The first-order valence-corrected chi connectivity index (χ1v) is 24.8. The van der Waals surface area contributed by atoms with E-state index in [4.69, 9.17) is 28.9 Å². The number of rotatable bonds is 41. The fourth-order valence-corrected chi connectivity index (χ4v) is 6.45. The van der Waals surface area contributed by atoms with Crippen molar-refractivity contribution in [3.63, 3.8) is 0 Å². The van der Waals surface area contributed by atoms with Gasteiger partial charge in [-0.05, 0) is 89.9 Å². The summed E-state index contributed by atoms with van der Waals surface area (Å²) < 4.78 is 47.7. The topological polar surface area (TPSA) is 216 Å². The zero-order valence-electron chi connectivity index (χ0n) is 36.0. The molecule has 60 heavy (non-hydrogen) atoms. The van der Waals surface area contributed by atoms with Crippen LogP contribution in [-0.2, 0) is 41.8 Å². The van der Waals surface area contributed by atoms with Crippen LogP contribution in [0.4, 0.5) is 0 Å². The normalized spacial score (nSPS) is 14.7. The number of aliphatic hydroxyl groups is 2. The second-order valence-corrected chi connectivity index (χ2v) is 17.0. The third-order valence-electron chi connectivity index (χ3n) is 8.61. The van der Waals surface area contributed by atoms with Gasteiger partial charge in [0.2, 0.25) is 0 Å². The minimum absolute atomic E-state index is 0.0392. The zero-order chi connectivity index (χ0) is 44.4. The predicted molar refractivity (Wildman–Crippen MR) is 236 cm³/mol. The average molecular weight is 891 g/mol. The molecular weight excluding hydrogens is 814 g/mol. The number of aliphatic hydroxyl groups excluding tert-OH is 2. The van der Waals surface area contributed by atoms with Gasteiger partial charge in [-0.1, -0.05) is 118 Å². The summed E-state index contributed by atoms with van der Waals surface area (Å²) in [4.78, 5) is 52.6. The first-order chi connectivity index (χ1) is 28.9. The summed E-state index contributed by atoms with van der Waals surface area (Å²) in [5.74, 6) is -1.13. The molecule has 5 N–H and O–H groups in total. The van der Waals surface area contributed by atoms with Crippen LogP contribution < -0.4 is 0 Å². The summed E-state index contributed by atoms with van der Waals surface area (Å²) in [5.41, 5.74) is 0. The van der Waals surface area contributed by atoms with Gasteiger partial charge in [0, 0.05) is 19.4 Å². The first kappa shape index (κ1) is 57.5. The minimum Gasteiger partial charge on any atom is -0.462 e. The maximum atomic E-state index is 12.6. The molecule has 1 unspecified atom stereocenters. The van der Waals surface area contributed by atoms with Gasteiger partial charge in [0.25, 0.3) is 0 Å². The van der Waals surface area contributed by atoms with Crippen molar-refractivity contribution >= 4 is 27.6 Å². The second-order valence-electron chi connectivity index (χ2n) is 14.3. The van der Waals surface area contributed by atoms with E-state index in [-0.39, 0.29) is 19.4 Å². The quantitative estimate of drug-likeness (QED) is 0.0167. The van der Waals surface area contributed by atoms with Gasteiger partial charge in [-0.25, -0.2) is 9.13 Å². The summed E-state index contributed by atoms with van der Waals surface area (Å²) >= 11 is 0. The molecule has 0 aromatic heterocycles. The van der Waals surface area contributed by atoms with Crippen molar-refractivity contribution in [3.8, 4) is 0 Å². The molecule has 0 aliphatic heterocycles. The molecule has 0 aromatic rings. The monoisotopic (exact) mass is 890 g/mol. The standard InChI is InChI=1S/C44H76O14P2/c1-2-3-4-5-6-7-8-9-13-16-19-22-25-28-31-34-43(47)54-39-42(40-57-60(52,53)56-38-41(46)37-55-59(49,50)51)58-44(48)35-32-29-26-23-20-17-14-11-10-12-15-18-21-24-27-30-33-36-45/h6-7,9-10,12-14,17-18,21,23,26,41-42,45-46H,2-5,8,11,15-16,19-20,22,24-25,27-40H2,1H3,(H,52,53)(H2,49,50,51)/b7-6-,12-10-,13-9-,17-14-,21-18-,26-23-/t41-,42+/m0/s1. The Morgan fingerprint density at radius 2 is 0.950 bits per heavy atom. The van der Waals surface area contributed by atoms with E-state index in [9.17, 15) is 28.7 Å². The van der Waals surface area contributed by atoms with Crippen LogP contribution in [0.25, 0.3) is 0 Å². The Morgan fingerprint density at radius 3 is 1.48 bits per heavy atom. The van der Waals surface area contributed by atoms with Crippen LogP contribution in [-0.4, -0.2) is 82.1 Å². The fraction of sp³-hybridized carbons (Fsp3) is 0.682. The fourth-order valence-electron chi connectivity index (χ4n) is 5.29. The van der Waals surface area contributed by atoms with E-state index in [2.05, 4.69) is 76.7 Å². The molecular formula is C44H76O14P2. The van der Waals surface area contributed by atoms with E-state index in [1.165, 1.54) is 19.3 Å². The third kappa shape index (κ3) is 43.6.